The van der Waals surface area contributed by atoms with Gasteiger partial charge in [-0.1, -0.05) is 0 Å². The topological polar surface area (TPSA) is 36.0 Å². The molecule has 0 aliphatic carbocycles. The van der Waals surface area contributed by atoms with Gasteiger partial charge in [0.05, 0.1) is 0 Å². The molecule has 0 radical (unpaired) electrons. The van der Waals surface area contributed by atoms with E-state index in [0.29, 0.717) is 11.3 Å². The van der Waals surface area contributed by atoms with Gasteiger partial charge in [0.25, 0.3) is 0 Å². The monoisotopic (exact) mass is 193 g/mol. The third-order valence-corrected chi connectivity index (χ3v) is 1.92. The number of aliphatic hydroxyl groups is 1. The number of hydrogen-bond acceptors (Lipinski definition) is 1. The van der Waals surface area contributed by atoms with Crippen molar-refractivity contribution in [3.63, 3.8) is 0 Å². The molecule has 0 aromatic carbocycles. The van der Waals surface area contributed by atoms with E-state index in [1.807, 2.05) is 0 Å². The van der Waals surface area contributed by atoms with Crippen molar-refractivity contribution in [1.82, 2.24) is 4.98 Å². The van der Waals surface area contributed by atoms with Crippen LogP contribution < -0.4 is 0 Å². The number of alkyl halides is 3. The van der Waals surface area contributed by atoms with Crippen LogP contribution in [0.5, 0.6) is 0 Å². The Balaban J connectivity index is 3.08. The molecule has 1 aromatic heterocycles. The minimum absolute atomic E-state index is 0.0764. The number of hydrogen-bond donors (Lipinski definition) is 2. The van der Waals surface area contributed by atoms with Gasteiger partial charge in [-0.15, -0.1) is 0 Å². The first kappa shape index (κ1) is 10.1. The summed E-state index contributed by atoms with van der Waals surface area (Å²) in [6.45, 7) is 3.02. The van der Waals surface area contributed by atoms with Crippen molar-refractivity contribution in [2.45, 2.75) is 26.1 Å². The van der Waals surface area contributed by atoms with E-state index >= 15 is 0 Å². The molecule has 13 heavy (non-hydrogen) atoms. The van der Waals surface area contributed by atoms with Gasteiger partial charge in [-0.3, -0.25) is 0 Å². The Morgan fingerprint density at radius 3 is 2.23 bits per heavy atom. The predicted molar refractivity (Wildman–Crippen MR) is 41.3 cm³/mol. The molecule has 1 rings (SSSR count). The zero-order valence-electron chi connectivity index (χ0n) is 7.24. The number of nitrogens with one attached hydrogen (secondary N) is 1. The lowest BCUT2D eigenvalue weighted by atomic mass is 10.1. The zero-order valence-corrected chi connectivity index (χ0v) is 7.24. The summed E-state index contributed by atoms with van der Waals surface area (Å²) in [5.74, 6) is 0. The highest BCUT2D eigenvalue weighted by atomic mass is 19.4. The largest absolute Gasteiger partial charge is 0.418 e. The predicted octanol–water partition coefficient (Wildman–Crippen LogP) is 2.23. The molecule has 0 unspecified atom stereocenters. The van der Waals surface area contributed by atoms with E-state index in [1.54, 1.807) is 0 Å². The Morgan fingerprint density at radius 1 is 1.38 bits per heavy atom. The van der Waals surface area contributed by atoms with Crippen molar-refractivity contribution in [2.75, 3.05) is 0 Å². The third kappa shape index (κ3) is 1.85. The lowest BCUT2D eigenvalue weighted by Gasteiger charge is -2.15. The molecule has 0 fully saturated rings. The van der Waals surface area contributed by atoms with Gasteiger partial charge in [0.2, 0.25) is 0 Å². The lowest BCUT2D eigenvalue weighted by Crippen LogP contribution is -2.21. The summed E-state index contributed by atoms with van der Waals surface area (Å²) < 4.78 is 36.3. The van der Waals surface area contributed by atoms with Crippen molar-refractivity contribution >= 4 is 0 Å². The van der Waals surface area contributed by atoms with Crippen molar-refractivity contribution in [2.24, 2.45) is 0 Å². The molecule has 2 N–H and O–H groups in total. The number of H-pyrrole nitrogens is 1. The highest BCUT2D eigenvalue weighted by molar-refractivity contribution is 5.31. The maximum Gasteiger partial charge on any atom is 0.418 e. The summed E-state index contributed by atoms with van der Waals surface area (Å²) in [5, 5.41) is 8.96. The van der Waals surface area contributed by atoms with Gasteiger partial charge in [0.1, 0.15) is 0 Å². The molecule has 1 aromatic rings. The maximum absolute atomic E-state index is 12.1. The number of rotatable bonds is 1. The van der Waals surface area contributed by atoms with E-state index in [4.69, 9.17) is 5.11 Å². The average molecular weight is 193 g/mol. The van der Waals surface area contributed by atoms with Crippen LogP contribution in [-0.2, 0) is 0 Å². The number of aryl methyl sites for hydroxylation is 2. The molecule has 0 bridgehead atoms. The van der Waals surface area contributed by atoms with Gasteiger partial charge in [0.15, 0.2) is 6.10 Å². The van der Waals surface area contributed by atoms with E-state index in [-0.39, 0.29) is 5.56 Å². The molecule has 2 nitrogen and oxygen atoms in total. The molecular formula is C8H10F3NO. The maximum atomic E-state index is 12.1. The highest BCUT2D eigenvalue weighted by Crippen LogP contribution is 2.35. The van der Waals surface area contributed by atoms with Gasteiger partial charge in [-0.2, -0.15) is 13.2 Å². The van der Waals surface area contributed by atoms with Crippen LogP contribution in [0.4, 0.5) is 13.2 Å². The van der Waals surface area contributed by atoms with Crippen LogP contribution in [0.25, 0.3) is 0 Å². The summed E-state index contributed by atoms with van der Waals surface area (Å²) in [5.41, 5.74) is 0.692. The van der Waals surface area contributed by atoms with E-state index in [0.717, 1.165) is 0 Å². The van der Waals surface area contributed by atoms with Crippen molar-refractivity contribution in [1.29, 1.82) is 0 Å². The van der Waals surface area contributed by atoms with Crippen molar-refractivity contribution in [3.05, 3.63) is 23.0 Å². The summed E-state index contributed by atoms with van der Waals surface area (Å²) >= 11 is 0. The fourth-order valence-electron chi connectivity index (χ4n) is 1.25. The number of aromatic nitrogens is 1. The normalized spacial score (nSPS) is 14.6. The second-order valence-electron chi connectivity index (χ2n) is 2.95. The summed E-state index contributed by atoms with van der Waals surface area (Å²) in [6, 6.07) is 0. The molecule has 0 spiro atoms. The Morgan fingerprint density at radius 2 is 1.92 bits per heavy atom. The molecule has 5 heteroatoms. The fourth-order valence-corrected chi connectivity index (χ4v) is 1.25. The first-order chi connectivity index (χ1) is 5.84. The number of aromatic amines is 1. The van der Waals surface area contributed by atoms with Crippen molar-refractivity contribution < 1.29 is 18.3 Å². The first-order valence-electron chi connectivity index (χ1n) is 3.73. The lowest BCUT2D eigenvalue weighted by molar-refractivity contribution is -0.207. The van der Waals surface area contributed by atoms with Gasteiger partial charge in [0, 0.05) is 17.5 Å². The smallest absolute Gasteiger partial charge is 0.379 e. The molecule has 0 saturated carbocycles. The van der Waals surface area contributed by atoms with E-state index in [9.17, 15) is 13.2 Å². The molecular weight excluding hydrogens is 183 g/mol. The Hall–Kier alpha value is -0.970. The Bertz CT molecular complexity index is 283. The third-order valence-electron chi connectivity index (χ3n) is 1.92. The van der Waals surface area contributed by atoms with Crippen LogP contribution in [0.15, 0.2) is 6.20 Å². The molecule has 0 amide bonds. The van der Waals surface area contributed by atoms with Gasteiger partial charge >= 0.3 is 6.18 Å². The standard InChI is InChI=1S/C8H10F3NO/c1-4-3-12-5(2)6(4)7(13)8(9,10)11/h3,7,12-13H,1-2H3/t7-/m0/s1. The minimum Gasteiger partial charge on any atom is -0.379 e. The highest BCUT2D eigenvalue weighted by Gasteiger charge is 2.41. The quantitative estimate of drug-likeness (QED) is 0.704. The van der Waals surface area contributed by atoms with E-state index in [1.165, 1.54) is 20.0 Å². The van der Waals surface area contributed by atoms with E-state index < -0.39 is 12.3 Å². The summed E-state index contributed by atoms with van der Waals surface area (Å²) in [7, 11) is 0. The van der Waals surface area contributed by atoms with Gasteiger partial charge < -0.3 is 10.1 Å². The Kier molecular flexibility index (Phi) is 2.38. The molecule has 0 aliphatic rings. The summed E-state index contributed by atoms with van der Waals surface area (Å²) in [6.07, 6.45) is -5.55. The first-order valence-corrected chi connectivity index (χ1v) is 3.73. The molecule has 0 aliphatic heterocycles. The molecule has 1 heterocycles. The molecule has 1 atom stereocenters. The molecule has 0 saturated heterocycles. The van der Waals surface area contributed by atoms with Crippen LogP contribution in [-0.4, -0.2) is 16.3 Å². The van der Waals surface area contributed by atoms with Gasteiger partial charge in [-0.25, -0.2) is 0 Å². The van der Waals surface area contributed by atoms with E-state index in [2.05, 4.69) is 4.98 Å². The van der Waals surface area contributed by atoms with Crippen LogP contribution in [0.1, 0.15) is 22.9 Å². The van der Waals surface area contributed by atoms with Gasteiger partial charge in [-0.05, 0) is 19.4 Å². The minimum atomic E-state index is -4.60. The number of halogens is 3. The zero-order chi connectivity index (χ0) is 10.2. The second-order valence-corrected chi connectivity index (χ2v) is 2.95. The SMILES string of the molecule is Cc1c[nH]c(C)c1[C@H](O)C(F)(F)F. The fraction of sp³-hybridized carbons (Fsp3) is 0.500. The average Bonchev–Trinajstić information content (AvgIpc) is 2.28. The van der Waals surface area contributed by atoms with Crippen LogP contribution in [0.2, 0.25) is 0 Å². The van der Waals surface area contributed by atoms with Crippen LogP contribution in [0, 0.1) is 13.8 Å². The number of aliphatic hydroxyl groups excluding tert-OH is 1. The Labute approximate surface area is 73.4 Å². The van der Waals surface area contributed by atoms with Crippen LogP contribution in [0.3, 0.4) is 0 Å². The molecule has 74 valence electrons. The summed E-state index contributed by atoms with van der Waals surface area (Å²) in [4.78, 5) is 2.63. The van der Waals surface area contributed by atoms with Crippen LogP contribution >= 0.6 is 0 Å². The second kappa shape index (κ2) is 3.06. The van der Waals surface area contributed by atoms with Crippen molar-refractivity contribution in [3.8, 4) is 0 Å².